The van der Waals surface area contributed by atoms with Crippen LogP contribution >= 0.6 is 0 Å². The molecule has 11 heavy (non-hydrogen) atoms. The number of aliphatic hydroxyl groups is 1. The molecule has 0 heterocycles. The zero-order valence-electron chi connectivity index (χ0n) is 8.95. The van der Waals surface area contributed by atoms with E-state index in [1.807, 2.05) is 13.8 Å². The fourth-order valence-electron chi connectivity index (χ4n) is 0.918. The predicted molar refractivity (Wildman–Crippen MR) is 49.5 cm³/mol. The lowest BCUT2D eigenvalue weighted by molar-refractivity contribution is -0.0942. The van der Waals surface area contributed by atoms with E-state index in [0.29, 0.717) is 0 Å². The van der Waals surface area contributed by atoms with Gasteiger partial charge >= 0.3 is 0 Å². The number of hydrogen-bond donors (Lipinski definition) is 1. The zero-order chi connectivity index (χ0) is 9.50. The second-order valence-electron chi connectivity index (χ2n) is 5.43. The molecular weight excluding hydrogens is 136 g/mol. The average molecular weight is 158 g/mol. The second kappa shape index (κ2) is 2.48. The van der Waals surface area contributed by atoms with Gasteiger partial charge in [0.15, 0.2) is 0 Å². The van der Waals surface area contributed by atoms with E-state index < -0.39 is 5.60 Å². The van der Waals surface area contributed by atoms with Gasteiger partial charge in [-0.05, 0) is 24.7 Å². The van der Waals surface area contributed by atoms with E-state index in [2.05, 4.69) is 34.6 Å². The van der Waals surface area contributed by atoms with Crippen molar-refractivity contribution < 1.29 is 5.11 Å². The maximum atomic E-state index is 9.88. The topological polar surface area (TPSA) is 20.2 Å². The molecule has 0 aromatic rings. The summed E-state index contributed by atoms with van der Waals surface area (Å²) >= 11 is 0. The Morgan fingerprint density at radius 1 is 0.727 bits per heavy atom. The Labute approximate surface area is 70.8 Å². The molecule has 0 aliphatic heterocycles. The zero-order valence-corrected chi connectivity index (χ0v) is 8.95. The van der Waals surface area contributed by atoms with Crippen LogP contribution in [0.15, 0.2) is 0 Å². The van der Waals surface area contributed by atoms with Crippen molar-refractivity contribution in [3.63, 3.8) is 0 Å². The summed E-state index contributed by atoms with van der Waals surface area (Å²) in [6, 6.07) is 0. The van der Waals surface area contributed by atoms with Crippen LogP contribution in [0.2, 0.25) is 0 Å². The first-order valence-corrected chi connectivity index (χ1v) is 4.22. The van der Waals surface area contributed by atoms with Crippen LogP contribution in [-0.2, 0) is 0 Å². The molecule has 1 nitrogen and oxygen atoms in total. The van der Waals surface area contributed by atoms with Gasteiger partial charge in [0, 0.05) is 0 Å². The molecule has 0 fully saturated rings. The van der Waals surface area contributed by atoms with Gasteiger partial charge in [0.25, 0.3) is 0 Å². The normalized spacial score (nSPS) is 15.3. The van der Waals surface area contributed by atoms with E-state index in [0.717, 1.165) is 0 Å². The summed E-state index contributed by atoms with van der Waals surface area (Å²) in [6.45, 7) is 14.4. The number of hydrogen-bond acceptors (Lipinski definition) is 1. The lowest BCUT2D eigenvalue weighted by Gasteiger charge is -2.47. The van der Waals surface area contributed by atoms with Gasteiger partial charge in [-0.3, -0.25) is 0 Å². The van der Waals surface area contributed by atoms with Gasteiger partial charge in [-0.25, -0.2) is 0 Å². The minimum absolute atomic E-state index is 0.0694. The highest BCUT2D eigenvalue weighted by molar-refractivity contribution is 4.94. The highest BCUT2D eigenvalue weighted by Crippen LogP contribution is 2.45. The SMILES string of the molecule is CC(C)(C)C(C)(C)C(C)(C)O. The molecule has 0 amide bonds. The molecule has 0 atom stereocenters. The molecule has 0 aromatic heterocycles. The van der Waals surface area contributed by atoms with Crippen molar-refractivity contribution in [3.8, 4) is 0 Å². The molecule has 0 bridgehead atoms. The molecule has 0 saturated carbocycles. The number of rotatable bonds is 1. The maximum Gasteiger partial charge on any atom is 0.0647 e. The van der Waals surface area contributed by atoms with Crippen LogP contribution in [0.4, 0.5) is 0 Å². The maximum absolute atomic E-state index is 9.88. The third kappa shape index (κ3) is 1.96. The van der Waals surface area contributed by atoms with Crippen LogP contribution in [0.1, 0.15) is 48.5 Å². The van der Waals surface area contributed by atoms with Crippen LogP contribution in [0.3, 0.4) is 0 Å². The van der Waals surface area contributed by atoms with Crippen molar-refractivity contribution in [3.05, 3.63) is 0 Å². The Bertz CT molecular complexity index is 116. The molecule has 0 aliphatic rings. The predicted octanol–water partition coefficient (Wildman–Crippen LogP) is 2.83. The Hall–Kier alpha value is -0.0400. The Morgan fingerprint density at radius 3 is 1.00 bits per heavy atom. The van der Waals surface area contributed by atoms with E-state index in [4.69, 9.17) is 0 Å². The average Bonchev–Trinajstić information content (AvgIpc) is 1.58. The monoisotopic (exact) mass is 158 g/mol. The van der Waals surface area contributed by atoms with Gasteiger partial charge in [0.2, 0.25) is 0 Å². The van der Waals surface area contributed by atoms with Crippen molar-refractivity contribution in [2.24, 2.45) is 10.8 Å². The lowest BCUT2D eigenvalue weighted by Crippen LogP contribution is -2.47. The van der Waals surface area contributed by atoms with Crippen LogP contribution in [0.25, 0.3) is 0 Å². The smallest absolute Gasteiger partial charge is 0.0647 e. The van der Waals surface area contributed by atoms with Crippen LogP contribution in [0.5, 0.6) is 0 Å². The Balaban J connectivity index is 4.75. The van der Waals surface area contributed by atoms with E-state index in [1.54, 1.807) is 0 Å². The van der Waals surface area contributed by atoms with Crippen molar-refractivity contribution in [1.82, 2.24) is 0 Å². The fraction of sp³-hybridized carbons (Fsp3) is 1.00. The summed E-state index contributed by atoms with van der Waals surface area (Å²) in [7, 11) is 0. The lowest BCUT2D eigenvalue weighted by atomic mass is 9.61. The van der Waals surface area contributed by atoms with Gasteiger partial charge < -0.3 is 5.11 Å². The third-order valence-corrected chi connectivity index (χ3v) is 3.40. The van der Waals surface area contributed by atoms with Gasteiger partial charge in [0.05, 0.1) is 5.60 Å². The quantitative estimate of drug-likeness (QED) is 0.622. The third-order valence-electron chi connectivity index (χ3n) is 3.40. The molecule has 0 spiro atoms. The van der Waals surface area contributed by atoms with Crippen LogP contribution in [0, 0.1) is 10.8 Å². The summed E-state index contributed by atoms with van der Waals surface area (Å²) in [5, 5.41) is 9.88. The van der Waals surface area contributed by atoms with Crippen molar-refractivity contribution in [2.75, 3.05) is 0 Å². The van der Waals surface area contributed by atoms with Crippen molar-refractivity contribution in [1.29, 1.82) is 0 Å². The molecule has 0 saturated heterocycles. The highest BCUT2D eigenvalue weighted by atomic mass is 16.3. The molecule has 1 heteroatoms. The first-order valence-electron chi connectivity index (χ1n) is 4.22. The summed E-state index contributed by atoms with van der Waals surface area (Å²) in [4.78, 5) is 0. The molecule has 0 aliphatic carbocycles. The van der Waals surface area contributed by atoms with Gasteiger partial charge in [-0.1, -0.05) is 34.6 Å². The molecule has 0 unspecified atom stereocenters. The Morgan fingerprint density at radius 2 is 1.00 bits per heavy atom. The van der Waals surface area contributed by atoms with E-state index >= 15 is 0 Å². The summed E-state index contributed by atoms with van der Waals surface area (Å²) < 4.78 is 0. The summed E-state index contributed by atoms with van der Waals surface area (Å²) in [5.74, 6) is 0. The van der Waals surface area contributed by atoms with Crippen molar-refractivity contribution >= 4 is 0 Å². The highest BCUT2D eigenvalue weighted by Gasteiger charge is 2.44. The molecular formula is C10H22O. The van der Waals surface area contributed by atoms with Crippen LogP contribution in [-0.4, -0.2) is 10.7 Å². The molecule has 0 radical (unpaired) electrons. The van der Waals surface area contributed by atoms with Gasteiger partial charge in [-0.15, -0.1) is 0 Å². The second-order valence-corrected chi connectivity index (χ2v) is 5.43. The first-order chi connectivity index (χ1) is 4.50. The Kier molecular flexibility index (Phi) is 2.47. The van der Waals surface area contributed by atoms with E-state index in [-0.39, 0.29) is 10.8 Å². The first kappa shape index (κ1) is 11.0. The van der Waals surface area contributed by atoms with Gasteiger partial charge in [-0.2, -0.15) is 0 Å². The van der Waals surface area contributed by atoms with Crippen LogP contribution < -0.4 is 0 Å². The minimum atomic E-state index is -0.620. The van der Waals surface area contributed by atoms with Crippen molar-refractivity contribution in [2.45, 2.75) is 54.1 Å². The molecule has 1 N–H and O–H groups in total. The molecule has 0 aromatic carbocycles. The van der Waals surface area contributed by atoms with E-state index in [9.17, 15) is 5.11 Å². The fourth-order valence-corrected chi connectivity index (χ4v) is 0.918. The standard InChI is InChI=1S/C10H22O/c1-8(2,3)9(4,5)10(6,7)11/h11H,1-7H3. The van der Waals surface area contributed by atoms with Gasteiger partial charge in [0.1, 0.15) is 0 Å². The minimum Gasteiger partial charge on any atom is -0.390 e. The molecule has 68 valence electrons. The molecule has 0 rings (SSSR count). The van der Waals surface area contributed by atoms with E-state index in [1.165, 1.54) is 0 Å². The summed E-state index contributed by atoms with van der Waals surface area (Å²) in [5.41, 5.74) is -0.559. The summed E-state index contributed by atoms with van der Waals surface area (Å²) in [6.07, 6.45) is 0. The largest absolute Gasteiger partial charge is 0.390 e.